The first-order chi connectivity index (χ1) is 17.2. The number of nitrogens with zero attached hydrogens (tertiary/aromatic N) is 5. The first-order valence-corrected chi connectivity index (χ1v) is 12.6. The number of para-hydroxylation sites is 3. The Kier molecular flexibility index (Phi) is 6.28. The van der Waals surface area contributed by atoms with Crippen molar-refractivity contribution in [1.82, 2.24) is 24.4 Å². The van der Waals surface area contributed by atoms with Crippen LogP contribution in [0.1, 0.15) is 50.6 Å². The maximum atomic E-state index is 12.5. The minimum atomic E-state index is -0.486. The van der Waals surface area contributed by atoms with E-state index in [1.165, 1.54) is 0 Å². The van der Waals surface area contributed by atoms with Gasteiger partial charge in [-0.3, -0.25) is 0 Å². The van der Waals surface area contributed by atoms with E-state index in [0.717, 1.165) is 57.8 Å². The third kappa shape index (κ3) is 4.98. The van der Waals surface area contributed by atoms with E-state index in [2.05, 4.69) is 22.0 Å². The van der Waals surface area contributed by atoms with Gasteiger partial charge in [-0.2, -0.15) is 0 Å². The van der Waals surface area contributed by atoms with Gasteiger partial charge in [-0.25, -0.2) is 19.7 Å². The summed E-state index contributed by atoms with van der Waals surface area (Å²) < 4.78 is 7.77. The number of carbonyl (C=O) groups is 1. The molecule has 0 atom stereocenters. The summed E-state index contributed by atoms with van der Waals surface area (Å²) in [4.78, 5) is 28.8. The smallest absolute Gasteiger partial charge is 0.410 e. The number of rotatable bonds is 4. The van der Waals surface area contributed by atoms with E-state index in [0.29, 0.717) is 19.6 Å². The van der Waals surface area contributed by atoms with E-state index in [-0.39, 0.29) is 12.1 Å². The molecule has 0 spiro atoms. The lowest BCUT2D eigenvalue weighted by molar-refractivity contribution is 0.0210. The molecular weight excluding hydrogens is 452 g/mol. The number of imidazole rings is 1. The normalized spacial score (nSPS) is 15.0. The van der Waals surface area contributed by atoms with Crippen molar-refractivity contribution in [3.8, 4) is 0 Å². The first-order valence-electron chi connectivity index (χ1n) is 12.6. The van der Waals surface area contributed by atoms with Crippen molar-refractivity contribution in [3.63, 3.8) is 0 Å². The Labute approximate surface area is 211 Å². The highest BCUT2D eigenvalue weighted by Crippen LogP contribution is 2.26. The summed E-state index contributed by atoms with van der Waals surface area (Å²) in [5.41, 5.74) is 6.37. The summed E-state index contributed by atoms with van der Waals surface area (Å²) in [6, 6.07) is 14.6. The number of ether oxygens (including phenoxy) is 1. The Morgan fingerprint density at radius 1 is 0.972 bits per heavy atom. The van der Waals surface area contributed by atoms with Gasteiger partial charge in [-0.05, 0) is 71.2 Å². The predicted molar refractivity (Wildman–Crippen MR) is 142 cm³/mol. The van der Waals surface area contributed by atoms with Gasteiger partial charge in [0, 0.05) is 19.1 Å². The van der Waals surface area contributed by atoms with Crippen LogP contribution in [0, 0.1) is 13.8 Å². The van der Waals surface area contributed by atoms with Gasteiger partial charge in [0.1, 0.15) is 5.60 Å². The second-order valence-electron chi connectivity index (χ2n) is 10.6. The molecule has 0 unspecified atom stereocenters. The van der Waals surface area contributed by atoms with Gasteiger partial charge < -0.3 is 19.5 Å². The largest absolute Gasteiger partial charge is 0.444 e. The fraction of sp³-hybridized carbons (Fsp3) is 0.429. The van der Waals surface area contributed by atoms with E-state index in [1.807, 2.05) is 65.0 Å². The molecule has 3 heterocycles. The van der Waals surface area contributed by atoms with Crippen LogP contribution in [0.2, 0.25) is 0 Å². The Bertz CT molecular complexity index is 1410. The van der Waals surface area contributed by atoms with Gasteiger partial charge in [-0.15, -0.1) is 0 Å². The number of hydrogen-bond donors (Lipinski definition) is 1. The lowest BCUT2D eigenvalue weighted by Crippen LogP contribution is -2.44. The van der Waals surface area contributed by atoms with Crippen molar-refractivity contribution in [2.45, 2.75) is 65.6 Å². The summed E-state index contributed by atoms with van der Waals surface area (Å²) >= 11 is 0. The molecule has 1 aliphatic rings. The number of aryl methyl sites for hydroxylation is 2. The van der Waals surface area contributed by atoms with Crippen LogP contribution in [0.5, 0.6) is 0 Å². The minimum Gasteiger partial charge on any atom is -0.444 e. The molecular formula is C28H34N6O2. The predicted octanol–water partition coefficient (Wildman–Crippen LogP) is 5.46. The molecule has 0 aliphatic carbocycles. The maximum absolute atomic E-state index is 12.5. The van der Waals surface area contributed by atoms with Gasteiger partial charge in [-0.1, -0.05) is 24.3 Å². The van der Waals surface area contributed by atoms with Crippen LogP contribution in [-0.4, -0.2) is 55.2 Å². The van der Waals surface area contributed by atoms with Crippen LogP contribution in [0.25, 0.3) is 22.1 Å². The Morgan fingerprint density at radius 2 is 1.67 bits per heavy atom. The average molecular weight is 487 g/mol. The van der Waals surface area contributed by atoms with Crippen molar-refractivity contribution in [2.24, 2.45) is 0 Å². The van der Waals surface area contributed by atoms with Gasteiger partial charge >= 0.3 is 6.09 Å². The van der Waals surface area contributed by atoms with Gasteiger partial charge in [0.15, 0.2) is 0 Å². The lowest BCUT2D eigenvalue weighted by atomic mass is 10.1. The number of piperidine rings is 1. The van der Waals surface area contributed by atoms with E-state index < -0.39 is 5.60 Å². The zero-order valence-corrected chi connectivity index (χ0v) is 21.7. The number of anilines is 1. The van der Waals surface area contributed by atoms with Gasteiger partial charge in [0.2, 0.25) is 5.95 Å². The molecule has 5 rings (SSSR count). The van der Waals surface area contributed by atoms with Crippen LogP contribution in [0.4, 0.5) is 10.7 Å². The molecule has 2 aromatic heterocycles. The molecule has 1 fully saturated rings. The zero-order valence-electron chi connectivity index (χ0n) is 21.7. The molecule has 36 heavy (non-hydrogen) atoms. The Morgan fingerprint density at radius 3 is 2.42 bits per heavy atom. The lowest BCUT2D eigenvalue weighted by Gasteiger charge is -2.34. The molecule has 1 amide bonds. The van der Waals surface area contributed by atoms with Gasteiger partial charge in [0.25, 0.3) is 0 Å². The molecule has 8 heteroatoms. The van der Waals surface area contributed by atoms with Crippen LogP contribution in [0.15, 0.2) is 42.5 Å². The molecule has 1 saturated heterocycles. The molecule has 2 aromatic carbocycles. The fourth-order valence-electron chi connectivity index (χ4n) is 4.67. The number of hydrogen-bond acceptors (Lipinski definition) is 6. The number of likely N-dealkylation sites (tertiary alicyclic amines) is 1. The van der Waals surface area contributed by atoms with E-state index in [4.69, 9.17) is 19.7 Å². The zero-order chi connectivity index (χ0) is 25.4. The molecule has 188 valence electrons. The van der Waals surface area contributed by atoms with Crippen LogP contribution < -0.4 is 5.32 Å². The highest BCUT2D eigenvalue weighted by atomic mass is 16.6. The number of nitrogens with one attached hydrogen (secondary N) is 1. The highest BCUT2D eigenvalue weighted by molar-refractivity contribution is 5.81. The average Bonchev–Trinajstić information content (AvgIpc) is 3.16. The number of benzene rings is 2. The highest BCUT2D eigenvalue weighted by Gasteiger charge is 2.27. The van der Waals surface area contributed by atoms with Gasteiger partial charge in [0.05, 0.1) is 40.0 Å². The van der Waals surface area contributed by atoms with Crippen molar-refractivity contribution in [2.75, 3.05) is 18.4 Å². The monoisotopic (exact) mass is 486 g/mol. The van der Waals surface area contributed by atoms with E-state index >= 15 is 0 Å². The number of carbonyl (C=O) groups excluding carboxylic acids is 1. The quantitative estimate of drug-likeness (QED) is 0.413. The second-order valence-corrected chi connectivity index (χ2v) is 10.6. The second kappa shape index (κ2) is 9.41. The number of aromatic nitrogens is 4. The minimum absolute atomic E-state index is 0.219. The van der Waals surface area contributed by atoms with Crippen molar-refractivity contribution in [3.05, 3.63) is 59.4 Å². The molecule has 1 N–H and O–H groups in total. The molecule has 4 aromatic rings. The summed E-state index contributed by atoms with van der Waals surface area (Å²) in [7, 11) is 0. The third-order valence-corrected chi connectivity index (χ3v) is 6.65. The molecule has 8 nitrogen and oxygen atoms in total. The summed E-state index contributed by atoms with van der Waals surface area (Å²) in [6.45, 7) is 11.6. The summed E-state index contributed by atoms with van der Waals surface area (Å²) in [6.07, 6.45) is 1.43. The van der Waals surface area contributed by atoms with E-state index in [9.17, 15) is 4.79 Å². The van der Waals surface area contributed by atoms with Crippen LogP contribution >= 0.6 is 0 Å². The SMILES string of the molecule is Cc1nc2cccc(Cn3c(NC4CCN(C(=O)OC(C)(C)C)CC4)nc4ccccc43)c2nc1C. The number of amides is 1. The van der Waals surface area contributed by atoms with E-state index in [1.54, 1.807) is 4.90 Å². The van der Waals surface area contributed by atoms with Crippen LogP contribution in [0.3, 0.4) is 0 Å². The summed E-state index contributed by atoms with van der Waals surface area (Å²) in [5.74, 6) is 0.834. The Hall–Kier alpha value is -3.68. The van der Waals surface area contributed by atoms with Crippen molar-refractivity contribution < 1.29 is 9.53 Å². The fourth-order valence-corrected chi connectivity index (χ4v) is 4.67. The van der Waals surface area contributed by atoms with Crippen molar-refractivity contribution >= 4 is 34.1 Å². The van der Waals surface area contributed by atoms with Crippen LogP contribution in [-0.2, 0) is 11.3 Å². The third-order valence-electron chi connectivity index (χ3n) is 6.65. The maximum Gasteiger partial charge on any atom is 0.410 e. The molecule has 0 bridgehead atoms. The topological polar surface area (TPSA) is 85.2 Å². The molecule has 1 aliphatic heterocycles. The first kappa shape index (κ1) is 24.0. The molecule has 0 saturated carbocycles. The molecule has 0 radical (unpaired) electrons. The number of fused-ring (bicyclic) bond motifs is 2. The van der Waals surface area contributed by atoms with Crippen molar-refractivity contribution in [1.29, 1.82) is 0 Å². The standard InChI is InChI=1S/C28H34N6O2/c1-18-19(2)30-25-20(9-8-11-23(25)29-18)17-34-24-12-7-6-10-22(24)32-26(34)31-21-13-15-33(16-14-21)27(35)36-28(3,4)5/h6-12,21H,13-17H2,1-5H3,(H,31,32). The summed E-state index contributed by atoms with van der Waals surface area (Å²) in [5, 5.41) is 3.67. The Balaban J connectivity index is 1.39.